The average molecular weight is 351 g/mol. The second-order valence-electron chi connectivity index (χ2n) is 6.62. The molecule has 2 fully saturated rings. The van der Waals surface area contributed by atoms with Gasteiger partial charge in [0.1, 0.15) is 0 Å². The minimum Gasteiger partial charge on any atom is -0.379 e. The van der Waals surface area contributed by atoms with Gasteiger partial charge >= 0.3 is 0 Å². The highest BCUT2D eigenvalue weighted by Gasteiger charge is 2.23. The smallest absolute Gasteiger partial charge is 0.188 e. The van der Waals surface area contributed by atoms with Crippen molar-refractivity contribution in [2.45, 2.75) is 25.3 Å². The monoisotopic (exact) mass is 350 g/mol. The molecule has 1 saturated heterocycles. The maximum Gasteiger partial charge on any atom is 0.188 e. The van der Waals surface area contributed by atoms with E-state index in [4.69, 9.17) is 22.1 Å². The maximum atomic E-state index is 6.18. The number of rotatable bonds is 6. The van der Waals surface area contributed by atoms with Crippen molar-refractivity contribution in [2.75, 3.05) is 39.4 Å². The molecule has 1 saturated carbocycles. The van der Waals surface area contributed by atoms with Crippen molar-refractivity contribution in [2.24, 2.45) is 16.6 Å². The highest BCUT2D eigenvalue weighted by Crippen LogP contribution is 2.26. The largest absolute Gasteiger partial charge is 0.379 e. The van der Waals surface area contributed by atoms with Crippen LogP contribution in [0.1, 0.15) is 30.9 Å². The first-order valence-electron chi connectivity index (χ1n) is 8.83. The molecule has 2 aliphatic rings. The second-order valence-corrected chi connectivity index (χ2v) is 7.06. The lowest BCUT2D eigenvalue weighted by atomic mass is 9.85. The summed E-state index contributed by atoms with van der Waals surface area (Å²) >= 11 is 6.18. The molecule has 0 amide bonds. The van der Waals surface area contributed by atoms with Crippen molar-refractivity contribution in [3.05, 3.63) is 34.9 Å². The van der Waals surface area contributed by atoms with E-state index in [1.54, 1.807) is 0 Å². The minimum atomic E-state index is 0.177. The SMILES string of the molecule is NC(=NCC(c1cccc(Cl)c1)N1CCOCC1)NCC1CCC1. The number of ether oxygens (including phenoxy) is 1. The van der Waals surface area contributed by atoms with Gasteiger partial charge in [-0.05, 0) is 36.5 Å². The summed E-state index contributed by atoms with van der Waals surface area (Å²) in [5.41, 5.74) is 7.24. The average Bonchev–Trinajstić information content (AvgIpc) is 2.55. The lowest BCUT2D eigenvalue weighted by Crippen LogP contribution is -2.41. The van der Waals surface area contributed by atoms with Gasteiger partial charge in [-0.25, -0.2) is 0 Å². The van der Waals surface area contributed by atoms with Crippen LogP contribution < -0.4 is 11.1 Å². The summed E-state index contributed by atoms with van der Waals surface area (Å²) in [4.78, 5) is 6.99. The highest BCUT2D eigenvalue weighted by molar-refractivity contribution is 6.30. The number of hydrogen-bond donors (Lipinski definition) is 2. The van der Waals surface area contributed by atoms with Crippen molar-refractivity contribution in [1.29, 1.82) is 0 Å². The zero-order chi connectivity index (χ0) is 16.8. The van der Waals surface area contributed by atoms with Crippen LogP contribution in [0.5, 0.6) is 0 Å². The molecular formula is C18H27ClN4O. The summed E-state index contributed by atoms with van der Waals surface area (Å²) < 4.78 is 5.48. The zero-order valence-electron chi connectivity index (χ0n) is 14.1. The van der Waals surface area contributed by atoms with Gasteiger partial charge in [-0.3, -0.25) is 9.89 Å². The minimum absolute atomic E-state index is 0.177. The number of nitrogens with zero attached hydrogens (tertiary/aromatic N) is 2. The van der Waals surface area contributed by atoms with Gasteiger partial charge in [0.25, 0.3) is 0 Å². The maximum absolute atomic E-state index is 6.18. The summed E-state index contributed by atoms with van der Waals surface area (Å²) in [5, 5.41) is 4.02. The highest BCUT2D eigenvalue weighted by atomic mass is 35.5. The normalized spacial score (nSPS) is 21.3. The van der Waals surface area contributed by atoms with E-state index in [2.05, 4.69) is 21.3 Å². The summed E-state index contributed by atoms with van der Waals surface area (Å²) in [6.07, 6.45) is 3.95. The standard InChI is InChI=1S/C18H27ClN4O/c19-16-6-2-5-15(11-16)17(23-7-9-24-10-8-23)13-22-18(20)21-12-14-3-1-4-14/h2,5-6,11,14,17H,1,3-4,7-10,12-13H2,(H3,20,21,22). The fourth-order valence-corrected chi connectivity index (χ4v) is 3.42. The molecule has 6 heteroatoms. The first kappa shape index (κ1) is 17.5. The Hall–Kier alpha value is -1.30. The topological polar surface area (TPSA) is 62.9 Å². The molecule has 1 atom stereocenters. The third-order valence-electron chi connectivity index (χ3n) is 4.95. The molecule has 3 rings (SSSR count). The van der Waals surface area contributed by atoms with Gasteiger partial charge in [0, 0.05) is 24.7 Å². The van der Waals surface area contributed by atoms with Crippen molar-refractivity contribution >= 4 is 17.6 Å². The fraction of sp³-hybridized carbons (Fsp3) is 0.611. The Morgan fingerprint density at radius 3 is 2.83 bits per heavy atom. The predicted molar refractivity (Wildman–Crippen MR) is 98.4 cm³/mol. The number of aliphatic imine (C=N–C) groups is 1. The molecule has 5 nitrogen and oxygen atoms in total. The van der Waals surface area contributed by atoms with E-state index in [-0.39, 0.29) is 6.04 Å². The van der Waals surface area contributed by atoms with Crippen LogP contribution in [0.2, 0.25) is 5.02 Å². The molecule has 1 unspecified atom stereocenters. The number of nitrogens with one attached hydrogen (secondary N) is 1. The van der Waals surface area contributed by atoms with Crippen LogP contribution in [-0.4, -0.2) is 50.3 Å². The predicted octanol–water partition coefficient (Wildman–Crippen LogP) is 2.42. The summed E-state index contributed by atoms with van der Waals surface area (Å²) in [5.74, 6) is 1.31. The lowest BCUT2D eigenvalue weighted by molar-refractivity contribution is 0.0180. The molecule has 3 N–H and O–H groups in total. The molecule has 24 heavy (non-hydrogen) atoms. The Morgan fingerprint density at radius 2 is 2.17 bits per heavy atom. The Kier molecular flexibility index (Phi) is 6.35. The van der Waals surface area contributed by atoms with Crippen LogP contribution in [0.4, 0.5) is 0 Å². The van der Waals surface area contributed by atoms with Crippen LogP contribution in [0.15, 0.2) is 29.3 Å². The molecule has 132 valence electrons. The molecule has 1 aromatic carbocycles. The number of guanidine groups is 1. The van der Waals surface area contributed by atoms with Crippen molar-refractivity contribution in [3.8, 4) is 0 Å². The van der Waals surface area contributed by atoms with E-state index in [1.807, 2.05) is 18.2 Å². The molecule has 1 aliphatic heterocycles. The molecule has 0 aromatic heterocycles. The van der Waals surface area contributed by atoms with Gasteiger partial charge in [-0.1, -0.05) is 30.2 Å². The van der Waals surface area contributed by atoms with E-state index in [9.17, 15) is 0 Å². The molecule has 1 heterocycles. The summed E-state index contributed by atoms with van der Waals surface area (Å²) in [6.45, 7) is 4.90. The molecule has 0 bridgehead atoms. The lowest BCUT2D eigenvalue weighted by Gasteiger charge is -2.34. The van der Waals surface area contributed by atoms with E-state index in [0.717, 1.165) is 43.8 Å². The van der Waals surface area contributed by atoms with Crippen LogP contribution in [0.25, 0.3) is 0 Å². The van der Waals surface area contributed by atoms with Gasteiger partial charge in [0.2, 0.25) is 0 Å². The third kappa shape index (κ3) is 4.85. The third-order valence-corrected chi connectivity index (χ3v) is 5.19. The van der Waals surface area contributed by atoms with Gasteiger partial charge in [0.15, 0.2) is 5.96 Å². The number of morpholine rings is 1. The van der Waals surface area contributed by atoms with Crippen molar-refractivity contribution in [3.63, 3.8) is 0 Å². The van der Waals surface area contributed by atoms with Crippen molar-refractivity contribution in [1.82, 2.24) is 10.2 Å². The molecule has 1 aliphatic carbocycles. The van der Waals surface area contributed by atoms with E-state index < -0.39 is 0 Å². The molecule has 1 aromatic rings. The second kappa shape index (κ2) is 8.70. The Morgan fingerprint density at radius 1 is 1.38 bits per heavy atom. The van der Waals surface area contributed by atoms with Crippen LogP contribution in [0.3, 0.4) is 0 Å². The summed E-state index contributed by atoms with van der Waals surface area (Å²) in [7, 11) is 0. The van der Waals surface area contributed by atoms with Gasteiger partial charge in [0.05, 0.1) is 25.8 Å². The molecule has 0 spiro atoms. The Labute approximate surface area is 149 Å². The Bertz CT molecular complexity index is 556. The number of hydrogen-bond acceptors (Lipinski definition) is 3. The molecule has 0 radical (unpaired) electrons. The summed E-state index contributed by atoms with van der Waals surface area (Å²) in [6, 6.07) is 8.21. The van der Waals surface area contributed by atoms with E-state index in [0.29, 0.717) is 12.5 Å². The first-order valence-corrected chi connectivity index (χ1v) is 9.21. The van der Waals surface area contributed by atoms with Crippen LogP contribution >= 0.6 is 11.6 Å². The Balaban J connectivity index is 1.64. The van der Waals surface area contributed by atoms with E-state index >= 15 is 0 Å². The molecular weight excluding hydrogens is 324 g/mol. The van der Waals surface area contributed by atoms with Crippen LogP contribution in [-0.2, 0) is 4.74 Å². The van der Waals surface area contributed by atoms with Crippen molar-refractivity contribution < 1.29 is 4.74 Å². The number of halogens is 1. The quantitative estimate of drug-likeness (QED) is 0.611. The fourth-order valence-electron chi connectivity index (χ4n) is 3.22. The number of benzene rings is 1. The van der Waals surface area contributed by atoms with E-state index in [1.165, 1.54) is 24.8 Å². The number of nitrogens with two attached hydrogens (primary N) is 1. The van der Waals surface area contributed by atoms with Crippen LogP contribution in [0, 0.1) is 5.92 Å². The van der Waals surface area contributed by atoms with Gasteiger partial charge in [-0.15, -0.1) is 0 Å². The van der Waals surface area contributed by atoms with Gasteiger partial charge in [-0.2, -0.15) is 0 Å². The van der Waals surface area contributed by atoms with Gasteiger partial charge < -0.3 is 15.8 Å². The first-order chi connectivity index (χ1) is 11.7. The zero-order valence-corrected chi connectivity index (χ0v) is 14.8.